The van der Waals surface area contributed by atoms with E-state index in [2.05, 4.69) is 0 Å². The van der Waals surface area contributed by atoms with Crippen molar-refractivity contribution in [3.63, 3.8) is 0 Å². The van der Waals surface area contributed by atoms with Crippen LogP contribution in [0.1, 0.15) is 19.8 Å². The number of amides is 1. The first-order chi connectivity index (χ1) is 3.66. The van der Waals surface area contributed by atoms with Gasteiger partial charge in [0.25, 0.3) is 0 Å². The first-order valence-electron chi connectivity index (χ1n) is 2.61. The van der Waals surface area contributed by atoms with Crippen LogP contribution >= 0.6 is 0 Å². The molecular weight excluding hydrogens is 106 g/mol. The zero-order valence-corrected chi connectivity index (χ0v) is 4.89. The summed E-state index contributed by atoms with van der Waals surface area (Å²) in [7, 11) is 0. The molecule has 1 unspecified atom stereocenters. The number of carbonyl (C=O) groups excluding carboxylic acids is 1. The summed E-state index contributed by atoms with van der Waals surface area (Å²) in [5.74, 6) is -0.508. The van der Waals surface area contributed by atoms with Crippen LogP contribution in [0.25, 0.3) is 0 Å². The Morgan fingerprint density at radius 3 is 2.38 bits per heavy atom. The molecular formula is C5H10NO2. The van der Waals surface area contributed by atoms with Crippen molar-refractivity contribution in [1.29, 1.82) is 0 Å². The van der Waals surface area contributed by atoms with E-state index in [9.17, 15) is 9.90 Å². The summed E-state index contributed by atoms with van der Waals surface area (Å²) in [6.45, 7) is 1.74. The van der Waals surface area contributed by atoms with Crippen molar-refractivity contribution in [3.05, 3.63) is 0 Å². The van der Waals surface area contributed by atoms with Crippen LogP contribution < -0.4 is 5.73 Å². The third-order valence-corrected chi connectivity index (χ3v) is 0.884. The third kappa shape index (κ3) is 3.61. The van der Waals surface area contributed by atoms with Gasteiger partial charge < -0.3 is 5.73 Å². The van der Waals surface area contributed by atoms with E-state index in [0.717, 1.165) is 0 Å². The first-order valence-corrected chi connectivity index (χ1v) is 2.61. The maximum atomic E-state index is 10.4. The predicted octanol–water partition coefficient (Wildman–Crippen LogP) is 0.0709. The van der Waals surface area contributed by atoms with E-state index < -0.39 is 12.0 Å². The monoisotopic (exact) mass is 116 g/mol. The Morgan fingerprint density at radius 1 is 1.75 bits per heavy atom. The van der Waals surface area contributed by atoms with Crippen molar-refractivity contribution < 1.29 is 9.90 Å². The summed E-state index contributed by atoms with van der Waals surface area (Å²) in [6.07, 6.45) is -0.355. The van der Waals surface area contributed by atoms with Gasteiger partial charge in [-0.15, -0.1) is 0 Å². The lowest BCUT2D eigenvalue weighted by Gasteiger charge is -1.97. The van der Waals surface area contributed by atoms with Crippen molar-refractivity contribution in [1.82, 2.24) is 0 Å². The number of hydrogen-bond acceptors (Lipinski definition) is 1. The quantitative estimate of drug-likeness (QED) is 0.557. The molecule has 0 heterocycles. The molecule has 1 amide bonds. The predicted molar refractivity (Wildman–Crippen MR) is 28.6 cm³/mol. The second-order valence-electron chi connectivity index (χ2n) is 1.70. The molecule has 0 saturated carbocycles. The molecule has 0 aromatic heterocycles. The van der Waals surface area contributed by atoms with Gasteiger partial charge in [-0.1, -0.05) is 6.92 Å². The lowest BCUT2D eigenvalue weighted by atomic mass is 10.2. The largest absolute Gasteiger partial charge is 0.370 e. The van der Waals surface area contributed by atoms with Crippen LogP contribution in [0.2, 0.25) is 0 Å². The smallest absolute Gasteiger partial charge is 0.220 e. The topological polar surface area (TPSA) is 63.0 Å². The molecule has 47 valence electrons. The van der Waals surface area contributed by atoms with Crippen molar-refractivity contribution in [2.45, 2.75) is 25.9 Å². The molecule has 0 bridgehead atoms. The zero-order chi connectivity index (χ0) is 6.57. The molecule has 0 rings (SSSR count). The van der Waals surface area contributed by atoms with Gasteiger partial charge in [0.1, 0.15) is 6.10 Å². The Balaban J connectivity index is 3.24. The van der Waals surface area contributed by atoms with E-state index in [1.165, 1.54) is 0 Å². The Bertz CT molecular complexity index is 82.5. The van der Waals surface area contributed by atoms with E-state index in [1.807, 2.05) is 0 Å². The molecule has 0 aromatic rings. The van der Waals surface area contributed by atoms with Crippen molar-refractivity contribution >= 4 is 5.91 Å². The highest BCUT2D eigenvalue weighted by Crippen LogP contribution is 1.94. The van der Waals surface area contributed by atoms with Gasteiger partial charge in [0, 0.05) is 0 Å². The standard InChI is InChI=1S/C5H10NO2/c1-2-4(7)3-5(6)8/h4H,2-3H2,1H3,(H2,6,8). The SMILES string of the molecule is CCC([O])CC(N)=O. The van der Waals surface area contributed by atoms with E-state index >= 15 is 0 Å². The summed E-state index contributed by atoms with van der Waals surface area (Å²) in [4.78, 5) is 9.99. The molecule has 3 heteroatoms. The fourth-order valence-electron chi connectivity index (χ4n) is 0.369. The van der Waals surface area contributed by atoms with E-state index in [1.54, 1.807) is 6.92 Å². The second-order valence-corrected chi connectivity index (χ2v) is 1.70. The van der Waals surface area contributed by atoms with Gasteiger partial charge in [0.15, 0.2) is 0 Å². The van der Waals surface area contributed by atoms with Gasteiger partial charge >= 0.3 is 0 Å². The van der Waals surface area contributed by atoms with Gasteiger partial charge in [-0.2, -0.15) is 0 Å². The molecule has 0 aromatic carbocycles. The van der Waals surface area contributed by atoms with E-state index in [-0.39, 0.29) is 6.42 Å². The van der Waals surface area contributed by atoms with Gasteiger partial charge in [-0.3, -0.25) is 4.79 Å². The maximum absolute atomic E-state index is 10.4. The molecule has 1 atom stereocenters. The van der Waals surface area contributed by atoms with Crippen LogP contribution in [0.4, 0.5) is 0 Å². The average Bonchev–Trinajstić information content (AvgIpc) is 1.65. The van der Waals surface area contributed by atoms with Crippen LogP contribution in [-0.2, 0) is 9.90 Å². The van der Waals surface area contributed by atoms with Crippen LogP contribution in [0, 0.1) is 0 Å². The van der Waals surface area contributed by atoms with Crippen LogP contribution in [0.5, 0.6) is 0 Å². The summed E-state index contributed by atoms with van der Waals surface area (Å²) >= 11 is 0. The summed E-state index contributed by atoms with van der Waals surface area (Å²) in [6, 6.07) is 0. The maximum Gasteiger partial charge on any atom is 0.220 e. The number of primary amides is 1. The minimum atomic E-state index is -0.799. The van der Waals surface area contributed by atoms with Crippen LogP contribution in [-0.4, -0.2) is 12.0 Å². The molecule has 3 nitrogen and oxygen atoms in total. The molecule has 0 fully saturated rings. The molecule has 2 N–H and O–H groups in total. The molecule has 0 aliphatic heterocycles. The minimum absolute atomic E-state index is 0.0312. The van der Waals surface area contributed by atoms with E-state index in [0.29, 0.717) is 6.42 Å². The fraction of sp³-hybridized carbons (Fsp3) is 0.800. The normalized spacial score (nSPS) is 13.2. The molecule has 0 saturated heterocycles. The lowest BCUT2D eigenvalue weighted by molar-refractivity contribution is -0.120. The number of hydrogen-bond donors (Lipinski definition) is 1. The molecule has 1 radical (unpaired) electrons. The zero-order valence-electron chi connectivity index (χ0n) is 4.89. The molecule has 0 spiro atoms. The summed E-state index contributed by atoms with van der Waals surface area (Å²) < 4.78 is 0. The molecule has 0 aliphatic rings. The van der Waals surface area contributed by atoms with Gasteiger partial charge in [-0.25, -0.2) is 5.11 Å². The molecule has 8 heavy (non-hydrogen) atoms. The van der Waals surface area contributed by atoms with Crippen LogP contribution in [0.15, 0.2) is 0 Å². The number of carbonyl (C=O) groups is 1. The third-order valence-electron chi connectivity index (χ3n) is 0.884. The van der Waals surface area contributed by atoms with Gasteiger partial charge in [-0.05, 0) is 6.42 Å². The number of rotatable bonds is 3. The van der Waals surface area contributed by atoms with Crippen LogP contribution in [0.3, 0.4) is 0 Å². The van der Waals surface area contributed by atoms with Crippen molar-refractivity contribution in [3.8, 4) is 0 Å². The van der Waals surface area contributed by atoms with E-state index in [4.69, 9.17) is 5.73 Å². The number of nitrogens with two attached hydrogens (primary N) is 1. The van der Waals surface area contributed by atoms with Gasteiger partial charge in [0.2, 0.25) is 5.91 Å². The van der Waals surface area contributed by atoms with Gasteiger partial charge in [0.05, 0.1) is 6.42 Å². The Hall–Kier alpha value is -0.570. The fourth-order valence-corrected chi connectivity index (χ4v) is 0.369. The minimum Gasteiger partial charge on any atom is -0.370 e. The Kier molecular flexibility index (Phi) is 3.19. The lowest BCUT2D eigenvalue weighted by Crippen LogP contribution is -2.17. The highest BCUT2D eigenvalue weighted by atomic mass is 16.3. The first kappa shape index (κ1) is 7.43. The van der Waals surface area contributed by atoms with Crippen molar-refractivity contribution in [2.24, 2.45) is 5.73 Å². The highest BCUT2D eigenvalue weighted by Gasteiger charge is 2.05. The Labute approximate surface area is 48.5 Å². The summed E-state index contributed by atoms with van der Waals surface area (Å²) in [5, 5.41) is 10.4. The summed E-state index contributed by atoms with van der Waals surface area (Å²) in [5.41, 5.74) is 4.73. The Morgan fingerprint density at radius 2 is 2.25 bits per heavy atom. The second kappa shape index (κ2) is 3.43. The average molecular weight is 116 g/mol. The van der Waals surface area contributed by atoms with Crippen molar-refractivity contribution in [2.75, 3.05) is 0 Å². The highest BCUT2D eigenvalue weighted by molar-refractivity contribution is 5.74. The molecule has 0 aliphatic carbocycles.